The van der Waals surface area contributed by atoms with E-state index in [2.05, 4.69) is 35.5 Å². The average molecular weight is 258 g/mol. The van der Waals surface area contributed by atoms with Crippen LogP contribution < -0.4 is 11.5 Å². The fourth-order valence-electron chi connectivity index (χ4n) is 1.33. The summed E-state index contributed by atoms with van der Waals surface area (Å²) in [5.74, 6) is 8.18. The standard InChI is InChI=1S/C12H18N4.C3H4/c1-5-9(4)11-8-10(6-2)15-12(14-7-3)16(11)13;1-3-2/h6,8H,2,4-5,7,13H2,1,3H3;1H,2H3. The first kappa shape index (κ1) is 16.7. The van der Waals surface area contributed by atoms with E-state index in [9.17, 15) is 0 Å². The average Bonchev–Trinajstić information content (AvgIpc) is 2.41. The number of hydrogen-bond donors (Lipinski definition) is 1. The van der Waals surface area contributed by atoms with Crippen LogP contribution in [0.15, 0.2) is 24.2 Å². The molecule has 1 aromatic heterocycles. The van der Waals surface area contributed by atoms with Gasteiger partial charge < -0.3 is 5.84 Å². The second kappa shape index (κ2) is 8.76. The van der Waals surface area contributed by atoms with Gasteiger partial charge in [0.15, 0.2) is 0 Å². The maximum absolute atomic E-state index is 5.93. The minimum absolute atomic E-state index is 0.504. The van der Waals surface area contributed by atoms with Gasteiger partial charge in [-0.3, -0.25) is 0 Å². The first-order valence-electron chi connectivity index (χ1n) is 6.13. The molecular formula is C15H22N4. The Morgan fingerprint density at radius 1 is 1.63 bits per heavy atom. The SMILES string of the molecule is C#CC.C=Cc1cc(C(=C)CC)n(N)c(=NCC)n1. The molecule has 1 heterocycles. The zero-order valence-corrected chi connectivity index (χ0v) is 12.0. The third kappa shape index (κ3) is 4.84. The van der Waals surface area contributed by atoms with E-state index in [0.717, 1.165) is 23.4 Å². The molecule has 0 aliphatic carbocycles. The van der Waals surface area contributed by atoms with Crippen molar-refractivity contribution in [1.29, 1.82) is 0 Å². The Labute approximate surface area is 115 Å². The van der Waals surface area contributed by atoms with Crippen LogP contribution in [-0.2, 0) is 0 Å². The second-order valence-corrected chi connectivity index (χ2v) is 3.66. The molecule has 0 spiro atoms. The Kier molecular flexibility index (Phi) is 7.71. The van der Waals surface area contributed by atoms with E-state index in [4.69, 9.17) is 5.84 Å². The summed E-state index contributed by atoms with van der Waals surface area (Å²) in [7, 11) is 0. The second-order valence-electron chi connectivity index (χ2n) is 3.66. The largest absolute Gasteiger partial charge is 0.336 e. The summed E-state index contributed by atoms with van der Waals surface area (Å²) in [5.41, 5.74) is 3.07. The molecule has 102 valence electrons. The van der Waals surface area contributed by atoms with Gasteiger partial charge in [-0.2, -0.15) is 0 Å². The molecule has 0 fully saturated rings. The fraction of sp³-hybridized carbons (Fsp3) is 0.333. The van der Waals surface area contributed by atoms with Gasteiger partial charge in [-0.15, -0.1) is 12.3 Å². The Balaban J connectivity index is 0.000000982. The lowest BCUT2D eigenvalue weighted by atomic mass is 10.1. The molecule has 0 radical (unpaired) electrons. The number of terminal acetylenes is 1. The van der Waals surface area contributed by atoms with E-state index in [1.54, 1.807) is 13.0 Å². The van der Waals surface area contributed by atoms with Crippen LogP contribution in [0.2, 0.25) is 0 Å². The zero-order valence-electron chi connectivity index (χ0n) is 12.0. The van der Waals surface area contributed by atoms with E-state index in [0.29, 0.717) is 12.2 Å². The van der Waals surface area contributed by atoms with E-state index < -0.39 is 0 Å². The van der Waals surface area contributed by atoms with Crippen molar-refractivity contribution in [3.8, 4) is 12.3 Å². The highest BCUT2D eigenvalue weighted by Gasteiger charge is 2.05. The molecule has 0 bridgehead atoms. The summed E-state index contributed by atoms with van der Waals surface area (Å²) in [4.78, 5) is 8.50. The van der Waals surface area contributed by atoms with Crippen LogP contribution in [0.3, 0.4) is 0 Å². The number of allylic oxidation sites excluding steroid dienone is 1. The minimum atomic E-state index is 0.504. The zero-order chi connectivity index (χ0) is 14.8. The van der Waals surface area contributed by atoms with Crippen LogP contribution in [0, 0.1) is 12.3 Å². The predicted octanol–water partition coefficient (Wildman–Crippen LogP) is 2.22. The summed E-state index contributed by atoms with van der Waals surface area (Å²) in [5, 5.41) is 0. The van der Waals surface area contributed by atoms with Crippen molar-refractivity contribution in [3.05, 3.63) is 36.2 Å². The van der Waals surface area contributed by atoms with Crippen LogP contribution in [0.1, 0.15) is 38.6 Å². The van der Waals surface area contributed by atoms with Crippen LogP contribution in [0.5, 0.6) is 0 Å². The highest BCUT2D eigenvalue weighted by atomic mass is 15.3. The van der Waals surface area contributed by atoms with Crippen molar-refractivity contribution in [2.45, 2.75) is 27.2 Å². The number of rotatable bonds is 4. The van der Waals surface area contributed by atoms with E-state index >= 15 is 0 Å². The molecule has 0 unspecified atom stereocenters. The maximum atomic E-state index is 5.93. The molecule has 0 aromatic carbocycles. The molecule has 0 saturated heterocycles. The molecule has 2 N–H and O–H groups in total. The molecule has 19 heavy (non-hydrogen) atoms. The van der Waals surface area contributed by atoms with Crippen molar-refractivity contribution in [3.63, 3.8) is 0 Å². The van der Waals surface area contributed by atoms with Gasteiger partial charge in [0, 0.05) is 6.54 Å². The summed E-state index contributed by atoms with van der Waals surface area (Å²) < 4.78 is 1.47. The third-order valence-electron chi connectivity index (χ3n) is 2.29. The van der Waals surface area contributed by atoms with E-state index in [-0.39, 0.29) is 0 Å². The minimum Gasteiger partial charge on any atom is -0.336 e. The Bertz CT molecular complexity index is 544. The number of nitrogens with two attached hydrogens (primary N) is 1. The topological polar surface area (TPSA) is 56.2 Å². The normalized spacial score (nSPS) is 10.1. The van der Waals surface area contributed by atoms with Crippen LogP contribution in [-0.4, -0.2) is 16.2 Å². The van der Waals surface area contributed by atoms with E-state index in [1.807, 2.05) is 19.9 Å². The Hall–Kier alpha value is -2.28. The van der Waals surface area contributed by atoms with Crippen molar-refractivity contribution >= 4 is 11.6 Å². The molecular weight excluding hydrogens is 236 g/mol. The smallest absolute Gasteiger partial charge is 0.244 e. The van der Waals surface area contributed by atoms with Gasteiger partial charge in [-0.05, 0) is 38.0 Å². The molecule has 0 atom stereocenters. The van der Waals surface area contributed by atoms with Crippen LogP contribution >= 0.6 is 0 Å². The predicted molar refractivity (Wildman–Crippen MR) is 82.4 cm³/mol. The highest BCUT2D eigenvalue weighted by Crippen LogP contribution is 2.13. The van der Waals surface area contributed by atoms with Gasteiger partial charge in [-0.1, -0.05) is 20.1 Å². The maximum Gasteiger partial charge on any atom is 0.244 e. The molecule has 0 saturated carbocycles. The number of nitrogen functional groups attached to an aromatic ring is 1. The van der Waals surface area contributed by atoms with Crippen molar-refractivity contribution in [2.75, 3.05) is 12.4 Å². The molecule has 0 aliphatic rings. The van der Waals surface area contributed by atoms with Crippen LogP contribution in [0.25, 0.3) is 11.6 Å². The van der Waals surface area contributed by atoms with Gasteiger partial charge >= 0.3 is 0 Å². The lowest BCUT2D eigenvalue weighted by Crippen LogP contribution is -2.34. The quantitative estimate of drug-likeness (QED) is 0.665. The summed E-state index contributed by atoms with van der Waals surface area (Å²) >= 11 is 0. The van der Waals surface area contributed by atoms with Crippen molar-refractivity contribution in [1.82, 2.24) is 9.66 Å². The first-order chi connectivity index (χ1) is 9.05. The van der Waals surface area contributed by atoms with Gasteiger partial charge in [0.05, 0.1) is 11.4 Å². The van der Waals surface area contributed by atoms with Crippen LogP contribution in [0.4, 0.5) is 0 Å². The molecule has 0 amide bonds. The number of hydrogen-bond acceptors (Lipinski definition) is 3. The molecule has 4 heteroatoms. The summed E-state index contributed by atoms with van der Waals surface area (Å²) in [6.07, 6.45) is 7.12. The molecule has 1 rings (SSSR count). The summed E-state index contributed by atoms with van der Waals surface area (Å²) in [6.45, 7) is 14.0. The van der Waals surface area contributed by atoms with Crippen molar-refractivity contribution in [2.24, 2.45) is 4.99 Å². The molecule has 1 aromatic rings. The third-order valence-corrected chi connectivity index (χ3v) is 2.29. The van der Waals surface area contributed by atoms with E-state index in [1.165, 1.54) is 4.68 Å². The molecule has 0 aliphatic heterocycles. The monoisotopic (exact) mass is 258 g/mol. The fourth-order valence-corrected chi connectivity index (χ4v) is 1.33. The number of nitrogens with zero attached hydrogens (tertiary/aromatic N) is 3. The Morgan fingerprint density at radius 2 is 2.21 bits per heavy atom. The van der Waals surface area contributed by atoms with Crippen molar-refractivity contribution < 1.29 is 0 Å². The van der Waals surface area contributed by atoms with Gasteiger partial charge in [-0.25, -0.2) is 14.7 Å². The lowest BCUT2D eigenvalue weighted by Gasteiger charge is -2.10. The van der Waals surface area contributed by atoms with Gasteiger partial charge in [0.25, 0.3) is 0 Å². The Morgan fingerprint density at radius 3 is 2.63 bits per heavy atom. The number of aromatic nitrogens is 2. The molecule has 4 nitrogen and oxygen atoms in total. The van der Waals surface area contributed by atoms with Gasteiger partial charge in [0.1, 0.15) is 0 Å². The lowest BCUT2D eigenvalue weighted by molar-refractivity contribution is 0.787. The van der Waals surface area contributed by atoms with Gasteiger partial charge in [0.2, 0.25) is 5.62 Å². The highest BCUT2D eigenvalue weighted by molar-refractivity contribution is 5.62. The first-order valence-corrected chi connectivity index (χ1v) is 6.13. The summed E-state index contributed by atoms with van der Waals surface area (Å²) in [6, 6.07) is 1.87.